The second-order valence-corrected chi connectivity index (χ2v) is 6.90. The Bertz CT molecular complexity index is 266. The van der Waals surface area contributed by atoms with E-state index >= 15 is 0 Å². The second kappa shape index (κ2) is 8.35. The first-order valence-corrected chi connectivity index (χ1v) is 8.67. The van der Waals surface area contributed by atoms with E-state index in [1.807, 2.05) is 0 Å². The summed E-state index contributed by atoms with van der Waals surface area (Å²) in [7, 11) is 0. The Morgan fingerprint density at radius 3 is 2.75 bits per heavy atom. The number of ether oxygens (including phenoxy) is 2. The van der Waals surface area contributed by atoms with Crippen LogP contribution in [0.1, 0.15) is 59.3 Å². The Hall–Kier alpha value is -0.120. The molecule has 5 unspecified atom stereocenters. The van der Waals surface area contributed by atoms with Crippen molar-refractivity contribution in [2.75, 3.05) is 19.8 Å². The number of hydrogen-bond acceptors (Lipinski definition) is 3. The predicted octanol–water partition coefficient (Wildman–Crippen LogP) is 3.37. The van der Waals surface area contributed by atoms with E-state index in [9.17, 15) is 0 Å². The van der Waals surface area contributed by atoms with Crippen LogP contribution in [0.4, 0.5) is 0 Å². The largest absolute Gasteiger partial charge is 0.376 e. The van der Waals surface area contributed by atoms with Gasteiger partial charge in [0.05, 0.1) is 18.8 Å². The molecule has 0 aromatic rings. The average Bonchev–Trinajstić information content (AvgIpc) is 2.45. The second-order valence-electron chi connectivity index (χ2n) is 6.90. The fraction of sp³-hybridized carbons (Fsp3) is 1.00. The van der Waals surface area contributed by atoms with E-state index in [1.54, 1.807) is 0 Å². The molecule has 1 heterocycles. The van der Waals surface area contributed by atoms with Crippen molar-refractivity contribution in [1.82, 2.24) is 5.32 Å². The summed E-state index contributed by atoms with van der Waals surface area (Å²) in [4.78, 5) is 0. The topological polar surface area (TPSA) is 30.5 Å². The summed E-state index contributed by atoms with van der Waals surface area (Å²) in [6.07, 6.45) is 8.12. The van der Waals surface area contributed by atoms with E-state index in [0.29, 0.717) is 24.2 Å². The van der Waals surface area contributed by atoms with Crippen molar-refractivity contribution in [3.63, 3.8) is 0 Å². The normalized spacial score (nSPS) is 38.9. The SMILES string of the molecule is CCCNC1CC(C)CC(C)C1OCC1CCCCO1. The van der Waals surface area contributed by atoms with Crippen molar-refractivity contribution in [1.29, 1.82) is 0 Å². The van der Waals surface area contributed by atoms with Crippen LogP contribution >= 0.6 is 0 Å². The van der Waals surface area contributed by atoms with Crippen LogP contribution in [0.15, 0.2) is 0 Å². The molecule has 0 spiro atoms. The predicted molar refractivity (Wildman–Crippen MR) is 83.0 cm³/mol. The summed E-state index contributed by atoms with van der Waals surface area (Å²) in [6.45, 7) is 9.76. The first kappa shape index (κ1) is 16.3. The van der Waals surface area contributed by atoms with Gasteiger partial charge in [0, 0.05) is 12.6 Å². The molecule has 2 fully saturated rings. The lowest BCUT2D eigenvalue weighted by molar-refractivity contribution is -0.0962. The van der Waals surface area contributed by atoms with Gasteiger partial charge in [-0.15, -0.1) is 0 Å². The molecule has 3 nitrogen and oxygen atoms in total. The summed E-state index contributed by atoms with van der Waals surface area (Å²) < 4.78 is 12.1. The van der Waals surface area contributed by atoms with Crippen molar-refractivity contribution < 1.29 is 9.47 Å². The van der Waals surface area contributed by atoms with E-state index in [-0.39, 0.29) is 0 Å². The van der Waals surface area contributed by atoms with Crippen LogP contribution in [0.2, 0.25) is 0 Å². The molecule has 0 aromatic heterocycles. The molecule has 3 heteroatoms. The molecule has 5 atom stereocenters. The van der Waals surface area contributed by atoms with Gasteiger partial charge in [0.25, 0.3) is 0 Å². The van der Waals surface area contributed by atoms with E-state index in [0.717, 1.165) is 25.7 Å². The Morgan fingerprint density at radius 1 is 1.20 bits per heavy atom. The molecule has 0 radical (unpaired) electrons. The Labute approximate surface area is 124 Å². The van der Waals surface area contributed by atoms with Crippen LogP contribution in [0.3, 0.4) is 0 Å². The molecule has 1 saturated heterocycles. The summed E-state index contributed by atoms with van der Waals surface area (Å²) >= 11 is 0. The highest BCUT2D eigenvalue weighted by Crippen LogP contribution is 2.31. The Balaban J connectivity index is 1.83. The van der Waals surface area contributed by atoms with Gasteiger partial charge >= 0.3 is 0 Å². The number of hydrogen-bond donors (Lipinski definition) is 1. The van der Waals surface area contributed by atoms with Crippen LogP contribution in [-0.2, 0) is 9.47 Å². The molecule has 20 heavy (non-hydrogen) atoms. The third-order valence-electron chi connectivity index (χ3n) is 4.79. The molecule has 118 valence electrons. The molecule has 2 aliphatic rings. The quantitative estimate of drug-likeness (QED) is 0.810. The van der Waals surface area contributed by atoms with E-state index in [2.05, 4.69) is 26.1 Å². The first-order chi connectivity index (χ1) is 9.70. The molecule has 0 aromatic carbocycles. The van der Waals surface area contributed by atoms with Gasteiger partial charge in [-0.05, 0) is 56.9 Å². The van der Waals surface area contributed by atoms with Crippen LogP contribution in [0.5, 0.6) is 0 Å². The molecule has 1 aliphatic heterocycles. The van der Waals surface area contributed by atoms with Crippen molar-refractivity contribution in [2.45, 2.75) is 77.5 Å². The molecule has 1 N–H and O–H groups in total. The van der Waals surface area contributed by atoms with Gasteiger partial charge in [0.1, 0.15) is 0 Å². The van der Waals surface area contributed by atoms with Gasteiger partial charge in [0.2, 0.25) is 0 Å². The summed E-state index contributed by atoms with van der Waals surface area (Å²) in [6, 6.07) is 0.525. The van der Waals surface area contributed by atoms with Gasteiger partial charge < -0.3 is 14.8 Å². The Morgan fingerprint density at radius 2 is 2.05 bits per heavy atom. The minimum atomic E-state index is 0.335. The third kappa shape index (κ3) is 4.71. The maximum Gasteiger partial charge on any atom is 0.0808 e. The third-order valence-corrected chi connectivity index (χ3v) is 4.79. The van der Waals surface area contributed by atoms with E-state index in [4.69, 9.17) is 9.47 Å². The van der Waals surface area contributed by atoms with E-state index < -0.39 is 0 Å². The summed E-state index contributed by atoms with van der Waals surface area (Å²) in [5, 5.41) is 3.70. The highest BCUT2D eigenvalue weighted by molar-refractivity contribution is 4.89. The maximum atomic E-state index is 6.31. The highest BCUT2D eigenvalue weighted by Gasteiger charge is 2.34. The summed E-state index contributed by atoms with van der Waals surface area (Å²) in [5.41, 5.74) is 0. The van der Waals surface area contributed by atoms with Gasteiger partial charge in [-0.25, -0.2) is 0 Å². The van der Waals surface area contributed by atoms with E-state index in [1.165, 1.54) is 38.5 Å². The van der Waals surface area contributed by atoms with Crippen LogP contribution < -0.4 is 5.32 Å². The monoisotopic (exact) mass is 283 g/mol. The van der Waals surface area contributed by atoms with Crippen LogP contribution in [0.25, 0.3) is 0 Å². The Kier molecular flexibility index (Phi) is 6.79. The summed E-state index contributed by atoms with van der Waals surface area (Å²) in [5.74, 6) is 1.46. The van der Waals surface area contributed by atoms with Crippen molar-refractivity contribution in [3.8, 4) is 0 Å². The minimum Gasteiger partial charge on any atom is -0.376 e. The standard InChI is InChI=1S/C17H33NO2/c1-4-8-18-16-11-13(2)10-14(3)17(16)20-12-15-7-5-6-9-19-15/h13-18H,4-12H2,1-3H3. The van der Waals surface area contributed by atoms with Gasteiger partial charge in [-0.3, -0.25) is 0 Å². The van der Waals surface area contributed by atoms with Gasteiger partial charge in [0.15, 0.2) is 0 Å². The number of nitrogens with one attached hydrogen (secondary N) is 1. The molecule has 1 aliphatic carbocycles. The highest BCUT2D eigenvalue weighted by atomic mass is 16.5. The molecular weight excluding hydrogens is 250 g/mol. The molecule has 1 saturated carbocycles. The van der Waals surface area contributed by atoms with Crippen molar-refractivity contribution >= 4 is 0 Å². The lowest BCUT2D eigenvalue weighted by Gasteiger charge is -2.40. The zero-order valence-corrected chi connectivity index (χ0v) is 13.6. The minimum absolute atomic E-state index is 0.335. The molecular formula is C17H33NO2. The van der Waals surface area contributed by atoms with Crippen LogP contribution in [0, 0.1) is 11.8 Å². The molecule has 0 bridgehead atoms. The van der Waals surface area contributed by atoms with Crippen molar-refractivity contribution in [3.05, 3.63) is 0 Å². The molecule has 0 amide bonds. The van der Waals surface area contributed by atoms with Gasteiger partial charge in [-0.1, -0.05) is 20.8 Å². The average molecular weight is 283 g/mol. The van der Waals surface area contributed by atoms with Crippen molar-refractivity contribution in [2.24, 2.45) is 11.8 Å². The molecule has 2 rings (SSSR count). The zero-order valence-electron chi connectivity index (χ0n) is 13.6. The smallest absolute Gasteiger partial charge is 0.0808 e. The fourth-order valence-electron chi connectivity index (χ4n) is 3.80. The lowest BCUT2D eigenvalue weighted by Crippen LogP contribution is -2.50. The maximum absolute atomic E-state index is 6.31. The number of rotatable bonds is 6. The van der Waals surface area contributed by atoms with Gasteiger partial charge in [-0.2, -0.15) is 0 Å². The lowest BCUT2D eigenvalue weighted by atomic mass is 9.78. The first-order valence-electron chi connectivity index (χ1n) is 8.67. The van der Waals surface area contributed by atoms with Crippen LogP contribution in [-0.4, -0.2) is 38.0 Å². The fourth-order valence-corrected chi connectivity index (χ4v) is 3.80. The zero-order chi connectivity index (χ0) is 14.4.